The van der Waals surface area contributed by atoms with Crippen LogP contribution >= 0.6 is 0 Å². The Bertz CT molecular complexity index is 871. The van der Waals surface area contributed by atoms with Crippen molar-refractivity contribution >= 4 is 29.2 Å². The highest BCUT2D eigenvalue weighted by atomic mass is 16.5. The number of esters is 1. The van der Waals surface area contributed by atoms with Gasteiger partial charge in [0.15, 0.2) is 0 Å². The minimum absolute atomic E-state index is 0.305. The fourth-order valence-electron chi connectivity index (χ4n) is 3.28. The Morgan fingerprint density at radius 3 is 2.48 bits per heavy atom. The van der Waals surface area contributed by atoms with Gasteiger partial charge in [0.25, 0.3) is 11.8 Å². The second-order valence-electron chi connectivity index (χ2n) is 5.99. The molecule has 0 saturated heterocycles. The Labute approximate surface area is 144 Å². The van der Waals surface area contributed by atoms with Crippen LogP contribution in [0.1, 0.15) is 33.2 Å². The maximum absolute atomic E-state index is 12.6. The molecule has 0 fully saturated rings. The van der Waals surface area contributed by atoms with Gasteiger partial charge in [-0.2, -0.15) is 0 Å². The van der Waals surface area contributed by atoms with Crippen molar-refractivity contribution < 1.29 is 19.1 Å². The fourth-order valence-corrected chi connectivity index (χ4v) is 3.28. The number of carbonyl (C=O) groups is 3. The van der Waals surface area contributed by atoms with E-state index in [1.165, 1.54) is 4.90 Å². The molecule has 0 radical (unpaired) electrons. The van der Waals surface area contributed by atoms with E-state index in [1.807, 2.05) is 6.07 Å². The highest BCUT2D eigenvalue weighted by Crippen LogP contribution is 2.34. The molecule has 2 aromatic carbocycles. The molecule has 0 aromatic heterocycles. The summed E-state index contributed by atoms with van der Waals surface area (Å²) in [4.78, 5) is 38.2. The molecule has 1 N–H and O–H groups in total. The number of hydrogen-bond acceptors (Lipinski definition) is 5. The molecular weight excluding hydrogens is 320 g/mol. The largest absolute Gasteiger partial charge is 0.464 e. The number of carbonyl (C=O) groups excluding carboxylic acids is 3. The molecule has 6 heteroatoms. The number of benzene rings is 2. The van der Waals surface area contributed by atoms with E-state index in [2.05, 4.69) is 5.32 Å². The Kier molecular flexibility index (Phi) is 3.53. The van der Waals surface area contributed by atoms with E-state index < -0.39 is 6.04 Å². The Morgan fingerprint density at radius 2 is 1.84 bits per heavy atom. The average Bonchev–Trinajstić information content (AvgIpc) is 3.15. The molecule has 2 aliphatic heterocycles. The molecular formula is C19H16N2O4. The van der Waals surface area contributed by atoms with Gasteiger partial charge < -0.3 is 10.1 Å². The van der Waals surface area contributed by atoms with Crippen molar-refractivity contribution in [3.8, 4) is 0 Å². The molecule has 2 aliphatic rings. The average molecular weight is 336 g/mol. The zero-order valence-electron chi connectivity index (χ0n) is 13.6. The molecule has 2 heterocycles. The van der Waals surface area contributed by atoms with Crippen LogP contribution in [0, 0.1) is 0 Å². The van der Waals surface area contributed by atoms with Crippen LogP contribution in [-0.2, 0) is 16.0 Å². The van der Waals surface area contributed by atoms with Gasteiger partial charge in [-0.3, -0.25) is 9.59 Å². The first-order chi connectivity index (χ1) is 12.1. The third kappa shape index (κ3) is 2.38. The van der Waals surface area contributed by atoms with Gasteiger partial charge in [-0.1, -0.05) is 18.2 Å². The summed E-state index contributed by atoms with van der Waals surface area (Å²) >= 11 is 0. The number of nitrogens with zero attached hydrogens (tertiary/aromatic N) is 1. The molecule has 2 amide bonds. The number of nitrogens with one attached hydrogen (secondary N) is 1. The van der Waals surface area contributed by atoms with Crippen LogP contribution in [0.25, 0.3) is 0 Å². The second-order valence-corrected chi connectivity index (χ2v) is 5.99. The summed E-state index contributed by atoms with van der Waals surface area (Å²) in [6, 6.07) is 11.6. The van der Waals surface area contributed by atoms with E-state index in [4.69, 9.17) is 4.74 Å². The Balaban J connectivity index is 1.63. The zero-order valence-corrected chi connectivity index (χ0v) is 13.6. The number of rotatable bonds is 3. The van der Waals surface area contributed by atoms with E-state index in [0.717, 1.165) is 11.3 Å². The van der Waals surface area contributed by atoms with Gasteiger partial charge in [0.05, 0.1) is 23.4 Å². The van der Waals surface area contributed by atoms with Crippen LogP contribution < -0.4 is 10.2 Å². The summed E-state index contributed by atoms with van der Waals surface area (Å²) < 4.78 is 5.04. The summed E-state index contributed by atoms with van der Waals surface area (Å²) in [6.07, 6.45) is 0.524. The molecule has 1 unspecified atom stereocenters. The lowest BCUT2D eigenvalue weighted by atomic mass is 10.1. The lowest BCUT2D eigenvalue weighted by Gasteiger charge is -2.15. The van der Waals surface area contributed by atoms with Crippen LogP contribution in [-0.4, -0.2) is 30.4 Å². The number of anilines is 2. The van der Waals surface area contributed by atoms with E-state index in [0.29, 0.717) is 29.8 Å². The molecule has 0 aliphatic carbocycles. The van der Waals surface area contributed by atoms with Gasteiger partial charge in [0.2, 0.25) is 0 Å². The summed E-state index contributed by atoms with van der Waals surface area (Å²) in [5.74, 6) is -0.970. The highest BCUT2D eigenvalue weighted by Gasteiger charge is 2.37. The van der Waals surface area contributed by atoms with Crippen molar-refractivity contribution in [3.05, 3.63) is 59.2 Å². The summed E-state index contributed by atoms with van der Waals surface area (Å²) in [5.41, 5.74) is 3.00. The van der Waals surface area contributed by atoms with Gasteiger partial charge >= 0.3 is 5.97 Å². The summed E-state index contributed by atoms with van der Waals surface area (Å²) in [5, 5.41) is 3.11. The minimum atomic E-state index is -0.438. The summed E-state index contributed by atoms with van der Waals surface area (Å²) in [6.45, 7) is 2.09. The first-order valence-corrected chi connectivity index (χ1v) is 8.14. The highest BCUT2D eigenvalue weighted by molar-refractivity contribution is 6.34. The van der Waals surface area contributed by atoms with Gasteiger partial charge in [-0.05, 0) is 36.8 Å². The topological polar surface area (TPSA) is 75.7 Å². The normalized spacial score (nSPS) is 18.0. The van der Waals surface area contributed by atoms with Gasteiger partial charge in [0, 0.05) is 12.1 Å². The van der Waals surface area contributed by atoms with Crippen LogP contribution in [0.3, 0.4) is 0 Å². The molecule has 0 spiro atoms. The first kappa shape index (κ1) is 15.4. The molecule has 2 aromatic rings. The van der Waals surface area contributed by atoms with Gasteiger partial charge in [0.1, 0.15) is 6.04 Å². The SMILES string of the molecule is CCOC(=O)C1Cc2ccc(N3C(=O)c4ccccc4C3=O)cc2N1. The number of hydrogen-bond donors (Lipinski definition) is 1. The number of ether oxygens (including phenoxy) is 1. The summed E-state index contributed by atoms with van der Waals surface area (Å²) in [7, 11) is 0. The number of amides is 2. The third-order valence-corrected chi connectivity index (χ3v) is 4.47. The number of fused-ring (bicyclic) bond motifs is 2. The lowest BCUT2D eigenvalue weighted by Crippen LogP contribution is -2.29. The van der Waals surface area contributed by atoms with Crippen molar-refractivity contribution in [1.29, 1.82) is 0 Å². The van der Waals surface area contributed by atoms with Crippen LogP contribution in [0.2, 0.25) is 0 Å². The van der Waals surface area contributed by atoms with Gasteiger partial charge in [-0.25, -0.2) is 9.69 Å². The monoisotopic (exact) mass is 336 g/mol. The molecule has 1 atom stereocenters. The van der Waals surface area contributed by atoms with E-state index in [-0.39, 0.29) is 17.8 Å². The quantitative estimate of drug-likeness (QED) is 0.688. The number of imide groups is 1. The molecule has 4 rings (SSSR count). The Morgan fingerprint density at radius 1 is 1.16 bits per heavy atom. The van der Waals surface area contributed by atoms with Crippen molar-refractivity contribution in [2.24, 2.45) is 0 Å². The second kappa shape index (κ2) is 5.73. The molecule has 0 saturated carbocycles. The maximum atomic E-state index is 12.6. The third-order valence-electron chi connectivity index (χ3n) is 4.47. The predicted molar refractivity (Wildman–Crippen MR) is 91.8 cm³/mol. The zero-order chi connectivity index (χ0) is 17.6. The van der Waals surface area contributed by atoms with Gasteiger partial charge in [-0.15, -0.1) is 0 Å². The molecule has 6 nitrogen and oxygen atoms in total. The van der Waals surface area contributed by atoms with E-state index in [1.54, 1.807) is 43.3 Å². The van der Waals surface area contributed by atoms with Crippen LogP contribution in [0.4, 0.5) is 11.4 Å². The molecule has 126 valence electrons. The predicted octanol–water partition coefficient (Wildman–Crippen LogP) is 2.39. The maximum Gasteiger partial charge on any atom is 0.328 e. The first-order valence-electron chi connectivity index (χ1n) is 8.14. The van der Waals surface area contributed by atoms with E-state index >= 15 is 0 Å². The van der Waals surface area contributed by atoms with E-state index in [9.17, 15) is 14.4 Å². The molecule has 0 bridgehead atoms. The van der Waals surface area contributed by atoms with Crippen molar-refractivity contribution in [2.75, 3.05) is 16.8 Å². The van der Waals surface area contributed by atoms with Crippen molar-refractivity contribution in [2.45, 2.75) is 19.4 Å². The fraction of sp³-hybridized carbons (Fsp3) is 0.211. The molecule has 25 heavy (non-hydrogen) atoms. The van der Waals surface area contributed by atoms with Crippen molar-refractivity contribution in [3.63, 3.8) is 0 Å². The van der Waals surface area contributed by atoms with Crippen molar-refractivity contribution in [1.82, 2.24) is 0 Å². The standard InChI is InChI=1S/C19H16N2O4/c1-2-25-19(24)16-9-11-7-8-12(10-15(11)20-16)21-17(22)13-5-3-4-6-14(13)18(21)23/h3-8,10,16,20H,2,9H2,1H3. The smallest absolute Gasteiger partial charge is 0.328 e. The lowest BCUT2D eigenvalue weighted by molar-refractivity contribution is -0.143. The van der Waals surface area contributed by atoms with Crippen LogP contribution in [0.5, 0.6) is 0 Å². The minimum Gasteiger partial charge on any atom is -0.464 e. The Hall–Kier alpha value is -3.15. The van der Waals surface area contributed by atoms with Crippen LogP contribution in [0.15, 0.2) is 42.5 Å².